The van der Waals surface area contributed by atoms with Gasteiger partial charge in [-0.3, -0.25) is 0 Å². The maximum Gasteiger partial charge on any atom is 0.128 e. The number of aryl methyl sites for hydroxylation is 1. The molecule has 0 aliphatic carbocycles. The molecule has 4 heteroatoms. The van der Waals surface area contributed by atoms with Gasteiger partial charge in [0.05, 0.1) is 0 Å². The third-order valence-electron chi connectivity index (χ3n) is 2.85. The summed E-state index contributed by atoms with van der Waals surface area (Å²) in [6.07, 6.45) is 2.32. The molecule has 0 fully saturated rings. The highest BCUT2D eigenvalue weighted by atomic mass is 19.1. The second-order valence-corrected chi connectivity index (χ2v) is 4.42. The van der Waals surface area contributed by atoms with E-state index < -0.39 is 0 Å². The van der Waals surface area contributed by atoms with Crippen LogP contribution < -0.4 is 11.5 Å². The molecule has 1 aromatic carbocycles. The van der Waals surface area contributed by atoms with Crippen LogP contribution in [0.2, 0.25) is 0 Å². The lowest BCUT2D eigenvalue weighted by atomic mass is 9.99. The van der Waals surface area contributed by atoms with E-state index in [2.05, 4.69) is 4.98 Å². The first kappa shape index (κ1) is 12.5. The van der Waals surface area contributed by atoms with Gasteiger partial charge in [0, 0.05) is 17.8 Å². The molecule has 0 bridgehead atoms. The fourth-order valence-corrected chi connectivity index (χ4v) is 1.88. The van der Waals surface area contributed by atoms with Gasteiger partial charge in [-0.15, -0.1) is 0 Å². The SMILES string of the molecule is Cc1cnc(N)c(C(N)Cc2ccc(F)cc2)c1. The predicted octanol–water partition coefficient (Wildman–Crippen LogP) is 2.35. The van der Waals surface area contributed by atoms with Crippen molar-refractivity contribution in [2.75, 3.05) is 5.73 Å². The van der Waals surface area contributed by atoms with Gasteiger partial charge in [0.15, 0.2) is 0 Å². The number of nitrogens with two attached hydrogens (primary N) is 2. The summed E-state index contributed by atoms with van der Waals surface area (Å²) < 4.78 is 12.8. The second kappa shape index (κ2) is 5.14. The number of benzene rings is 1. The minimum Gasteiger partial charge on any atom is -0.383 e. The van der Waals surface area contributed by atoms with Crippen LogP contribution in [0.1, 0.15) is 22.7 Å². The monoisotopic (exact) mass is 245 g/mol. The van der Waals surface area contributed by atoms with Crippen molar-refractivity contribution in [1.29, 1.82) is 0 Å². The Labute approximate surface area is 106 Å². The van der Waals surface area contributed by atoms with Crippen molar-refractivity contribution >= 4 is 5.82 Å². The van der Waals surface area contributed by atoms with Crippen LogP contribution in [0.25, 0.3) is 0 Å². The Morgan fingerprint density at radius 1 is 1.28 bits per heavy atom. The molecule has 1 atom stereocenters. The van der Waals surface area contributed by atoms with E-state index in [0.29, 0.717) is 12.2 Å². The van der Waals surface area contributed by atoms with Gasteiger partial charge in [-0.1, -0.05) is 12.1 Å². The molecule has 2 aromatic rings. The van der Waals surface area contributed by atoms with E-state index >= 15 is 0 Å². The van der Waals surface area contributed by atoms with Gasteiger partial charge < -0.3 is 11.5 Å². The van der Waals surface area contributed by atoms with Crippen LogP contribution in [0, 0.1) is 12.7 Å². The number of hydrogen-bond acceptors (Lipinski definition) is 3. The molecule has 1 aromatic heterocycles. The number of nitrogens with zero attached hydrogens (tertiary/aromatic N) is 1. The first-order chi connectivity index (χ1) is 8.56. The minimum absolute atomic E-state index is 0.233. The Bertz CT molecular complexity index is 537. The summed E-state index contributed by atoms with van der Waals surface area (Å²) in [4.78, 5) is 4.09. The summed E-state index contributed by atoms with van der Waals surface area (Å²) in [6.45, 7) is 1.94. The zero-order valence-corrected chi connectivity index (χ0v) is 10.2. The molecule has 0 aliphatic heterocycles. The van der Waals surface area contributed by atoms with E-state index in [9.17, 15) is 4.39 Å². The van der Waals surface area contributed by atoms with Gasteiger partial charge >= 0.3 is 0 Å². The van der Waals surface area contributed by atoms with Gasteiger partial charge in [0.2, 0.25) is 0 Å². The average Bonchev–Trinajstić information content (AvgIpc) is 2.35. The van der Waals surface area contributed by atoms with Gasteiger partial charge in [0.25, 0.3) is 0 Å². The maximum atomic E-state index is 12.8. The van der Waals surface area contributed by atoms with Crippen molar-refractivity contribution in [1.82, 2.24) is 4.98 Å². The molecule has 0 saturated carbocycles. The van der Waals surface area contributed by atoms with Crippen molar-refractivity contribution in [3.63, 3.8) is 0 Å². The molecular formula is C14H16FN3. The number of aromatic nitrogens is 1. The van der Waals surface area contributed by atoms with Gasteiger partial charge in [-0.2, -0.15) is 0 Å². The van der Waals surface area contributed by atoms with Crippen LogP contribution in [0.3, 0.4) is 0 Å². The number of halogens is 1. The molecule has 0 aliphatic rings. The first-order valence-electron chi connectivity index (χ1n) is 5.78. The zero-order chi connectivity index (χ0) is 13.1. The Hall–Kier alpha value is -1.94. The molecule has 1 unspecified atom stereocenters. The number of nitrogen functional groups attached to an aromatic ring is 1. The normalized spacial score (nSPS) is 12.4. The maximum absolute atomic E-state index is 12.8. The van der Waals surface area contributed by atoms with E-state index in [1.165, 1.54) is 12.1 Å². The van der Waals surface area contributed by atoms with E-state index in [1.54, 1.807) is 18.3 Å². The molecule has 0 radical (unpaired) electrons. The highest BCUT2D eigenvalue weighted by molar-refractivity contribution is 5.43. The van der Waals surface area contributed by atoms with Crippen molar-refractivity contribution in [3.8, 4) is 0 Å². The number of hydrogen-bond donors (Lipinski definition) is 2. The third-order valence-corrected chi connectivity index (χ3v) is 2.85. The molecule has 18 heavy (non-hydrogen) atoms. The summed E-state index contributed by atoms with van der Waals surface area (Å²) >= 11 is 0. The summed E-state index contributed by atoms with van der Waals surface area (Å²) in [5.41, 5.74) is 14.8. The fourth-order valence-electron chi connectivity index (χ4n) is 1.88. The standard InChI is InChI=1S/C14H16FN3/c1-9-6-12(14(17)18-8-9)13(16)7-10-2-4-11(15)5-3-10/h2-6,8,13H,7,16H2,1H3,(H2,17,18). The van der Waals surface area contributed by atoms with Crippen LogP contribution in [0.4, 0.5) is 10.2 Å². The zero-order valence-electron chi connectivity index (χ0n) is 10.2. The van der Waals surface area contributed by atoms with Crippen LogP contribution in [0.15, 0.2) is 36.5 Å². The van der Waals surface area contributed by atoms with E-state index in [1.807, 2.05) is 13.0 Å². The van der Waals surface area contributed by atoms with Crippen LogP contribution in [-0.2, 0) is 6.42 Å². The lowest BCUT2D eigenvalue weighted by Crippen LogP contribution is -2.16. The van der Waals surface area contributed by atoms with Crippen LogP contribution in [-0.4, -0.2) is 4.98 Å². The predicted molar refractivity (Wildman–Crippen MR) is 70.4 cm³/mol. The number of pyridine rings is 1. The highest BCUT2D eigenvalue weighted by Crippen LogP contribution is 2.21. The van der Waals surface area contributed by atoms with E-state index in [4.69, 9.17) is 11.5 Å². The minimum atomic E-state index is -0.246. The Kier molecular flexibility index (Phi) is 3.58. The average molecular weight is 245 g/mol. The molecule has 1 heterocycles. The lowest BCUT2D eigenvalue weighted by molar-refractivity contribution is 0.625. The van der Waals surface area contributed by atoms with Crippen LogP contribution >= 0.6 is 0 Å². The molecule has 2 rings (SSSR count). The third kappa shape index (κ3) is 2.84. The number of rotatable bonds is 3. The summed E-state index contributed by atoms with van der Waals surface area (Å²) in [6, 6.07) is 8.03. The highest BCUT2D eigenvalue weighted by Gasteiger charge is 2.11. The van der Waals surface area contributed by atoms with Crippen LogP contribution in [0.5, 0.6) is 0 Å². The molecule has 0 saturated heterocycles. The smallest absolute Gasteiger partial charge is 0.128 e. The van der Waals surface area contributed by atoms with E-state index in [-0.39, 0.29) is 11.9 Å². The Morgan fingerprint density at radius 2 is 1.94 bits per heavy atom. The quantitative estimate of drug-likeness (QED) is 0.872. The molecule has 3 nitrogen and oxygen atoms in total. The second-order valence-electron chi connectivity index (χ2n) is 4.42. The molecule has 94 valence electrons. The molecule has 0 spiro atoms. The van der Waals surface area contributed by atoms with Crippen molar-refractivity contribution in [3.05, 3.63) is 59.0 Å². The van der Waals surface area contributed by atoms with Gasteiger partial charge in [-0.05, 0) is 42.7 Å². The summed E-state index contributed by atoms with van der Waals surface area (Å²) in [7, 11) is 0. The Balaban J connectivity index is 2.18. The molecule has 4 N–H and O–H groups in total. The summed E-state index contributed by atoms with van der Waals surface area (Å²) in [5.74, 6) is 0.208. The molecule has 0 amide bonds. The van der Waals surface area contributed by atoms with Crippen molar-refractivity contribution < 1.29 is 4.39 Å². The number of anilines is 1. The largest absolute Gasteiger partial charge is 0.383 e. The molecular weight excluding hydrogens is 229 g/mol. The van der Waals surface area contributed by atoms with Crippen molar-refractivity contribution in [2.24, 2.45) is 5.73 Å². The topological polar surface area (TPSA) is 64.9 Å². The van der Waals surface area contributed by atoms with Crippen molar-refractivity contribution in [2.45, 2.75) is 19.4 Å². The van der Waals surface area contributed by atoms with Gasteiger partial charge in [-0.25, -0.2) is 9.37 Å². The van der Waals surface area contributed by atoms with Gasteiger partial charge in [0.1, 0.15) is 11.6 Å². The Morgan fingerprint density at radius 3 is 2.61 bits per heavy atom. The first-order valence-corrected chi connectivity index (χ1v) is 5.78. The fraction of sp³-hybridized carbons (Fsp3) is 0.214. The van der Waals surface area contributed by atoms with E-state index in [0.717, 1.165) is 16.7 Å². The lowest BCUT2D eigenvalue weighted by Gasteiger charge is -2.14. The summed E-state index contributed by atoms with van der Waals surface area (Å²) in [5, 5.41) is 0.